The van der Waals surface area contributed by atoms with Gasteiger partial charge in [0.1, 0.15) is 13.2 Å². The maximum atomic E-state index is 11.6. The second-order valence-corrected chi connectivity index (χ2v) is 6.35. The molecule has 0 aromatic rings. The molecule has 7 nitrogen and oxygen atoms in total. The summed E-state index contributed by atoms with van der Waals surface area (Å²) in [6.07, 6.45) is 0.971. The highest BCUT2D eigenvalue weighted by atomic mass is 16.5. The molecule has 0 atom stereocenters. The van der Waals surface area contributed by atoms with E-state index in [0.717, 1.165) is 6.42 Å². The van der Waals surface area contributed by atoms with Crippen LogP contribution in [0.3, 0.4) is 0 Å². The van der Waals surface area contributed by atoms with Crippen LogP contribution in [0.5, 0.6) is 0 Å². The first-order valence-electron chi connectivity index (χ1n) is 8.49. The van der Waals surface area contributed by atoms with Gasteiger partial charge in [-0.25, -0.2) is 0 Å². The smallest absolute Gasteiger partial charge is 0.246 e. The van der Waals surface area contributed by atoms with Crippen LogP contribution in [0, 0.1) is 5.41 Å². The molecular formula is C17H33NO6. The summed E-state index contributed by atoms with van der Waals surface area (Å²) < 4.78 is 21.0. The maximum absolute atomic E-state index is 11.6. The molecule has 24 heavy (non-hydrogen) atoms. The van der Waals surface area contributed by atoms with Crippen LogP contribution in [0.1, 0.15) is 34.1 Å². The van der Waals surface area contributed by atoms with Crippen molar-refractivity contribution in [2.45, 2.75) is 34.1 Å². The molecule has 0 heterocycles. The molecule has 0 aliphatic rings. The molecule has 0 rings (SSSR count). The van der Waals surface area contributed by atoms with E-state index < -0.39 is 0 Å². The van der Waals surface area contributed by atoms with Gasteiger partial charge in [-0.15, -0.1) is 0 Å². The number of carbonyl (C=O) groups is 2. The van der Waals surface area contributed by atoms with Gasteiger partial charge in [-0.05, 0) is 6.42 Å². The molecular weight excluding hydrogens is 314 g/mol. The third kappa shape index (κ3) is 14.6. The lowest BCUT2D eigenvalue weighted by molar-refractivity contribution is -0.131. The summed E-state index contributed by atoms with van der Waals surface area (Å²) in [6, 6.07) is 0. The average Bonchev–Trinajstić information content (AvgIpc) is 2.52. The number of Topliss-reactive ketones (excluding diaryl/α,β-unsaturated/α-hetero) is 1. The molecule has 0 fully saturated rings. The van der Waals surface area contributed by atoms with Crippen molar-refractivity contribution in [3.8, 4) is 0 Å². The van der Waals surface area contributed by atoms with Crippen molar-refractivity contribution in [3.05, 3.63) is 0 Å². The van der Waals surface area contributed by atoms with E-state index in [-0.39, 0.29) is 30.3 Å². The first-order valence-corrected chi connectivity index (χ1v) is 8.49. The topological polar surface area (TPSA) is 83.1 Å². The summed E-state index contributed by atoms with van der Waals surface area (Å²) in [5, 5.41) is 2.69. The second kappa shape index (κ2) is 14.3. The van der Waals surface area contributed by atoms with E-state index in [4.69, 9.17) is 18.9 Å². The fourth-order valence-electron chi connectivity index (χ4n) is 1.44. The van der Waals surface area contributed by atoms with Gasteiger partial charge in [-0.1, -0.05) is 27.7 Å². The summed E-state index contributed by atoms with van der Waals surface area (Å²) in [4.78, 5) is 23.0. The molecule has 0 saturated heterocycles. The van der Waals surface area contributed by atoms with Gasteiger partial charge in [-0.3, -0.25) is 9.59 Å². The van der Waals surface area contributed by atoms with Crippen LogP contribution in [-0.2, 0) is 28.5 Å². The van der Waals surface area contributed by atoms with Gasteiger partial charge in [-0.2, -0.15) is 0 Å². The van der Waals surface area contributed by atoms with Crippen LogP contribution < -0.4 is 5.32 Å². The molecule has 1 N–H and O–H groups in total. The Morgan fingerprint density at radius 3 is 1.92 bits per heavy atom. The van der Waals surface area contributed by atoms with E-state index in [1.54, 1.807) is 0 Å². The highest BCUT2D eigenvalue weighted by Crippen LogP contribution is 2.14. The summed E-state index contributed by atoms with van der Waals surface area (Å²) in [5.41, 5.74) is -0.380. The van der Waals surface area contributed by atoms with E-state index in [1.807, 2.05) is 27.7 Å². The number of hydrogen-bond acceptors (Lipinski definition) is 6. The molecule has 0 unspecified atom stereocenters. The van der Waals surface area contributed by atoms with E-state index in [2.05, 4.69) is 5.32 Å². The van der Waals surface area contributed by atoms with Gasteiger partial charge in [0.15, 0.2) is 5.78 Å². The minimum absolute atomic E-state index is 0.0213. The van der Waals surface area contributed by atoms with Gasteiger partial charge < -0.3 is 24.3 Å². The van der Waals surface area contributed by atoms with Gasteiger partial charge in [0, 0.05) is 18.6 Å². The number of ether oxygens (including phenoxy) is 4. The molecule has 0 aliphatic heterocycles. The minimum Gasteiger partial charge on any atom is -0.379 e. The molecule has 0 spiro atoms. The zero-order valence-electron chi connectivity index (χ0n) is 15.5. The predicted octanol–water partition coefficient (Wildman–Crippen LogP) is 1.19. The maximum Gasteiger partial charge on any atom is 0.246 e. The third-order valence-electron chi connectivity index (χ3n) is 2.96. The Morgan fingerprint density at radius 1 is 0.792 bits per heavy atom. The van der Waals surface area contributed by atoms with Gasteiger partial charge in [0.25, 0.3) is 0 Å². The van der Waals surface area contributed by atoms with Crippen molar-refractivity contribution < 1.29 is 28.5 Å². The molecule has 0 bridgehead atoms. The van der Waals surface area contributed by atoms with Crippen molar-refractivity contribution in [2.75, 3.05) is 59.4 Å². The highest BCUT2D eigenvalue weighted by molar-refractivity contribution is 5.84. The van der Waals surface area contributed by atoms with Crippen LogP contribution in [0.4, 0.5) is 0 Å². The largest absolute Gasteiger partial charge is 0.379 e. The highest BCUT2D eigenvalue weighted by Gasteiger charge is 2.20. The monoisotopic (exact) mass is 347 g/mol. The number of nitrogens with one attached hydrogen (secondary N) is 1. The predicted molar refractivity (Wildman–Crippen MR) is 91.0 cm³/mol. The summed E-state index contributed by atoms with van der Waals surface area (Å²) in [6.45, 7) is 10.9. The fraction of sp³-hybridized carbons (Fsp3) is 0.882. The lowest BCUT2D eigenvalue weighted by Crippen LogP contribution is -2.31. The van der Waals surface area contributed by atoms with Crippen molar-refractivity contribution in [3.63, 3.8) is 0 Å². The molecule has 0 radical (unpaired) electrons. The van der Waals surface area contributed by atoms with E-state index >= 15 is 0 Å². The molecule has 0 saturated carbocycles. The van der Waals surface area contributed by atoms with Crippen molar-refractivity contribution >= 4 is 11.7 Å². The van der Waals surface area contributed by atoms with Crippen LogP contribution in [0.15, 0.2) is 0 Å². The van der Waals surface area contributed by atoms with Crippen molar-refractivity contribution in [1.82, 2.24) is 5.32 Å². The molecule has 142 valence electrons. The normalized spacial score (nSPS) is 11.5. The molecule has 0 aromatic heterocycles. The SMILES string of the molecule is CCCOCCOCC(=O)NCCOCCOCC(=O)C(C)(C)C. The first kappa shape index (κ1) is 23.0. The standard InChI is InChI=1S/C17H33NO6/c1-5-7-21-9-12-24-14-16(20)18-6-8-22-10-11-23-13-15(19)17(2,3)4/h5-14H2,1-4H3,(H,18,20). The average molecular weight is 347 g/mol. The Morgan fingerprint density at radius 2 is 1.33 bits per heavy atom. The molecule has 7 heteroatoms. The van der Waals surface area contributed by atoms with Crippen LogP contribution in [0.25, 0.3) is 0 Å². The summed E-state index contributed by atoms with van der Waals surface area (Å²) in [7, 11) is 0. The lowest BCUT2D eigenvalue weighted by atomic mass is 9.91. The van der Waals surface area contributed by atoms with Crippen LogP contribution in [-0.4, -0.2) is 71.1 Å². The van der Waals surface area contributed by atoms with Crippen molar-refractivity contribution in [1.29, 1.82) is 0 Å². The second-order valence-electron chi connectivity index (χ2n) is 6.35. The van der Waals surface area contributed by atoms with E-state index in [0.29, 0.717) is 46.2 Å². The van der Waals surface area contributed by atoms with Gasteiger partial charge >= 0.3 is 0 Å². The quantitative estimate of drug-likeness (QED) is 0.448. The van der Waals surface area contributed by atoms with E-state index in [9.17, 15) is 9.59 Å². The Kier molecular flexibility index (Phi) is 13.7. The number of carbonyl (C=O) groups excluding carboxylic acids is 2. The minimum atomic E-state index is -0.380. The third-order valence-corrected chi connectivity index (χ3v) is 2.96. The molecule has 0 aromatic carbocycles. The van der Waals surface area contributed by atoms with Crippen molar-refractivity contribution in [2.24, 2.45) is 5.41 Å². The number of ketones is 1. The van der Waals surface area contributed by atoms with Gasteiger partial charge in [0.2, 0.25) is 5.91 Å². The Bertz CT molecular complexity index is 340. The number of hydrogen-bond donors (Lipinski definition) is 1. The summed E-state index contributed by atoms with van der Waals surface area (Å²) >= 11 is 0. The Hall–Kier alpha value is -1.02. The molecule has 0 aliphatic carbocycles. The lowest BCUT2D eigenvalue weighted by Gasteiger charge is -2.16. The zero-order valence-corrected chi connectivity index (χ0v) is 15.5. The van der Waals surface area contributed by atoms with Gasteiger partial charge in [0.05, 0.1) is 33.0 Å². The number of rotatable bonds is 15. The van der Waals surface area contributed by atoms with E-state index in [1.165, 1.54) is 0 Å². The fourth-order valence-corrected chi connectivity index (χ4v) is 1.44. The van der Waals surface area contributed by atoms with Crippen LogP contribution >= 0.6 is 0 Å². The number of amides is 1. The van der Waals surface area contributed by atoms with Crippen LogP contribution in [0.2, 0.25) is 0 Å². The molecule has 1 amide bonds. The Labute approximate surface area is 145 Å². The zero-order chi connectivity index (χ0) is 18.3. The summed E-state index contributed by atoms with van der Waals surface area (Å²) in [5.74, 6) is -0.115. The Balaban J connectivity index is 3.32. The first-order chi connectivity index (χ1) is 11.4.